The highest BCUT2D eigenvalue weighted by atomic mass is 16.2. The number of allylic oxidation sites excluding steroid dienone is 1. The molecule has 2 heterocycles. The highest BCUT2D eigenvalue weighted by molar-refractivity contribution is 5.80. The largest absolute Gasteiger partial charge is 0.355 e. The number of hydrogen-bond donors (Lipinski definition) is 1. The average Bonchev–Trinajstić information content (AvgIpc) is 2.91. The van der Waals surface area contributed by atoms with Crippen molar-refractivity contribution in [1.29, 1.82) is 0 Å². The van der Waals surface area contributed by atoms with E-state index in [-0.39, 0.29) is 17.4 Å². The minimum Gasteiger partial charge on any atom is -0.355 e. The molecule has 0 bridgehead atoms. The van der Waals surface area contributed by atoms with E-state index in [4.69, 9.17) is 4.98 Å². The number of nitrogens with zero attached hydrogens (tertiary/aromatic N) is 3. The van der Waals surface area contributed by atoms with Crippen LogP contribution >= 0.6 is 0 Å². The van der Waals surface area contributed by atoms with Crippen molar-refractivity contribution in [2.75, 3.05) is 24.5 Å². The Morgan fingerprint density at radius 3 is 2.69 bits per heavy atom. The van der Waals surface area contributed by atoms with Gasteiger partial charge < -0.3 is 10.2 Å². The Kier molecular flexibility index (Phi) is 7.26. The standard InChI is InChI=1S/C29H34N4O2/c34-28(30-18-17-22-10-3-1-4-11-22)24-14-9-19-32(21-24)27-29(35)33(20-23-12-5-2-6-13-23)26-16-8-7-15-25(26)31-27/h2,5-8,10,12-13,15-16,24H,1,3-4,9,11,14,17-21H2,(H,30,34)/t24-/m0/s1. The second-order valence-electron chi connectivity index (χ2n) is 9.74. The fourth-order valence-electron chi connectivity index (χ4n) is 5.31. The molecule has 6 nitrogen and oxygen atoms in total. The number of para-hydroxylation sites is 2. The monoisotopic (exact) mass is 470 g/mol. The molecule has 1 amide bonds. The predicted octanol–water partition coefficient (Wildman–Crippen LogP) is 4.67. The number of carbonyl (C=O) groups excluding carboxylic acids is 1. The number of benzene rings is 2. The van der Waals surface area contributed by atoms with Crippen LogP contribution in [-0.2, 0) is 11.3 Å². The summed E-state index contributed by atoms with van der Waals surface area (Å²) in [5.74, 6) is 0.417. The lowest BCUT2D eigenvalue weighted by atomic mass is 9.96. The van der Waals surface area contributed by atoms with Gasteiger partial charge in [0.05, 0.1) is 23.5 Å². The first kappa shape index (κ1) is 23.3. The molecule has 0 unspecified atom stereocenters. The van der Waals surface area contributed by atoms with Gasteiger partial charge in [-0.1, -0.05) is 54.1 Å². The van der Waals surface area contributed by atoms with Crippen LogP contribution in [0.4, 0.5) is 5.82 Å². The summed E-state index contributed by atoms with van der Waals surface area (Å²) in [6, 6.07) is 17.8. The van der Waals surface area contributed by atoms with Crippen molar-refractivity contribution in [2.45, 2.75) is 51.5 Å². The molecule has 0 spiro atoms. The lowest BCUT2D eigenvalue weighted by molar-refractivity contribution is -0.125. The van der Waals surface area contributed by atoms with Gasteiger partial charge in [-0.15, -0.1) is 0 Å². The van der Waals surface area contributed by atoms with E-state index in [0.29, 0.717) is 25.5 Å². The van der Waals surface area contributed by atoms with Crippen LogP contribution in [0.1, 0.15) is 50.5 Å². The fourth-order valence-corrected chi connectivity index (χ4v) is 5.31. The van der Waals surface area contributed by atoms with E-state index in [2.05, 4.69) is 11.4 Å². The van der Waals surface area contributed by atoms with Crippen LogP contribution in [0.3, 0.4) is 0 Å². The second kappa shape index (κ2) is 10.9. The summed E-state index contributed by atoms with van der Waals surface area (Å²) in [7, 11) is 0. The highest BCUT2D eigenvalue weighted by Crippen LogP contribution is 2.23. The predicted molar refractivity (Wildman–Crippen MR) is 141 cm³/mol. The molecule has 1 aromatic heterocycles. The maximum absolute atomic E-state index is 13.7. The first-order valence-electron chi connectivity index (χ1n) is 12.9. The Labute approximate surface area is 206 Å². The number of fused-ring (bicyclic) bond motifs is 1. The van der Waals surface area contributed by atoms with E-state index >= 15 is 0 Å². The maximum atomic E-state index is 13.7. The van der Waals surface area contributed by atoms with E-state index in [9.17, 15) is 9.59 Å². The van der Waals surface area contributed by atoms with Gasteiger partial charge in [-0.3, -0.25) is 14.2 Å². The number of nitrogens with one attached hydrogen (secondary N) is 1. The minimum absolute atomic E-state index is 0.0940. The molecule has 0 radical (unpaired) electrons. The topological polar surface area (TPSA) is 67.2 Å². The molecule has 2 aromatic carbocycles. The molecule has 1 atom stereocenters. The van der Waals surface area contributed by atoms with E-state index in [1.54, 1.807) is 0 Å². The summed E-state index contributed by atoms with van der Waals surface area (Å²) in [6.45, 7) is 2.45. The van der Waals surface area contributed by atoms with Crippen molar-refractivity contribution in [1.82, 2.24) is 14.9 Å². The Balaban J connectivity index is 1.33. The van der Waals surface area contributed by atoms with Crippen molar-refractivity contribution < 1.29 is 4.79 Å². The van der Waals surface area contributed by atoms with Crippen molar-refractivity contribution >= 4 is 22.8 Å². The molecule has 1 aliphatic heterocycles. The molecule has 0 saturated carbocycles. The molecule has 1 fully saturated rings. The van der Waals surface area contributed by atoms with E-state index in [0.717, 1.165) is 48.8 Å². The van der Waals surface area contributed by atoms with Crippen LogP contribution < -0.4 is 15.8 Å². The van der Waals surface area contributed by atoms with Crippen LogP contribution in [0.5, 0.6) is 0 Å². The highest BCUT2D eigenvalue weighted by Gasteiger charge is 2.28. The van der Waals surface area contributed by atoms with Crippen molar-refractivity contribution in [3.05, 3.63) is 82.2 Å². The van der Waals surface area contributed by atoms with Gasteiger partial charge in [0.1, 0.15) is 0 Å². The van der Waals surface area contributed by atoms with Crippen LogP contribution in [0.2, 0.25) is 0 Å². The van der Waals surface area contributed by atoms with Gasteiger partial charge in [-0.25, -0.2) is 4.98 Å². The van der Waals surface area contributed by atoms with Gasteiger partial charge >= 0.3 is 0 Å². The number of amides is 1. The fraction of sp³-hybridized carbons (Fsp3) is 0.414. The zero-order chi connectivity index (χ0) is 24.0. The van der Waals surface area contributed by atoms with Crippen LogP contribution in [-0.4, -0.2) is 35.1 Å². The SMILES string of the molecule is O=C(NCCC1=CCCCC1)[C@H]1CCCN(c2nc3ccccc3n(Cc3ccccc3)c2=O)C1. The number of hydrogen-bond acceptors (Lipinski definition) is 4. The first-order chi connectivity index (χ1) is 17.2. The Morgan fingerprint density at radius 2 is 1.86 bits per heavy atom. The van der Waals surface area contributed by atoms with Crippen molar-refractivity contribution in [3.8, 4) is 0 Å². The van der Waals surface area contributed by atoms with E-state index in [1.165, 1.54) is 24.8 Å². The zero-order valence-corrected chi connectivity index (χ0v) is 20.3. The smallest absolute Gasteiger partial charge is 0.294 e. The van der Waals surface area contributed by atoms with Gasteiger partial charge in [0.15, 0.2) is 5.82 Å². The summed E-state index contributed by atoms with van der Waals surface area (Å²) < 4.78 is 1.81. The third-order valence-corrected chi connectivity index (χ3v) is 7.24. The molecule has 182 valence electrons. The minimum atomic E-state index is -0.126. The molecule has 5 rings (SSSR count). The molecule has 1 saturated heterocycles. The summed E-state index contributed by atoms with van der Waals surface area (Å²) in [5.41, 5.74) is 4.07. The quantitative estimate of drug-likeness (QED) is 0.510. The second-order valence-corrected chi connectivity index (χ2v) is 9.74. The van der Waals surface area contributed by atoms with Crippen molar-refractivity contribution in [2.24, 2.45) is 5.92 Å². The molecule has 35 heavy (non-hydrogen) atoms. The number of carbonyl (C=O) groups is 1. The summed E-state index contributed by atoms with van der Waals surface area (Å²) in [6.07, 6.45) is 9.87. The number of aromatic nitrogens is 2. The van der Waals surface area contributed by atoms with Gasteiger partial charge in [0.2, 0.25) is 5.91 Å². The van der Waals surface area contributed by atoms with Crippen LogP contribution in [0.25, 0.3) is 11.0 Å². The zero-order valence-electron chi connectivity index (χ0n) is 20.3. The Bertz CT molecular complexity index is 1260. The maximum Gasteiger partial charge on any atom is 0.294 e. The lowest BCUT2D eigenvalue weighted by Gasteiger charge is -2.33. The van der Waals surface area contributed by atoms with Gasteiger partial charge in [0, 0.05) is 19.6 Å². The number of piperidine rings is 1. The van der Waals surface area contributed by atoms with Gasteiger partial charge in [-0.2, -0.15) is 0 Å². The van der Waals surface area contributed by atoms with Crippen LogP contribution in [0.15, 0.2) is 71.0 Å². The number of rotatable bonds is 7. The summed E-state index contributed by atoms with van der Waals surface area (Å²) >= 11 is 0. The molecular weight excluding hydrogens is 436 g/mol. The third-order valence-electron chi connectivity index (χ3n) is 7.24. The van der Waals surface area contributed by atoms with E-state index < -0.39 is 0 Å². The van der Waals surface area contributed by atoms with E-state index in [1.807, 2.05) is 64.1 Å². The molecular formula is C29H34N4O2. The normalized spacial score (nSPS) is 18.3. The molecule has 2 aliphatic rings. The summed E-state index contributed by atoms with van der Waals surface area (Å²) in [5, 5.41) is 3.15. The Morgan fingerprint density at radius 1 is 1.03 bits per heavy atom. The molecule has 1 N–H and O–H groups in total. The average molecular weight is 471 g/mol. The van der Waals surface area contributed by atoms with Gasteiger partial charge in [-0.05, 0) is 62.6 Å². The van der Waals surface area contributed by atoms with Crippen LogP contribution in [0, 0.1) is 5.92 Å². The molecule has 3 aromatic rings. The molecule has 6 heteroatoms. The third kappa shape index (κ3) is 5.47. The first-order valence-corrected chi connectivity index (χ1v) is 12.9. The lowest BCUT2D eigenvalue weighted by Crippen LogP contribution is -2.45. The van der Waals surface area contributed by atoms with Crippen molar-refractivity contribution in [3.63, 3.8) is 0 Å². The summed E-state index contributed by atoms with van der Waals surface area (Å²) in [4.78, 5) is 33.4. The van der Waals surface area contributed by atoms with Gasteiger partial charge in [0.25, 0.3) is 5.56 Å². The Hall–Kier alpha value is -3.41. The number of anilines is 1. The molecule has 1 aliphatic carbocycles.